The average molecular weight is 467 g/mol. The predicted molar refractivity (Wildman–Crippen MR) is 112 cm³/mol. The molecule has 0 aliphatic carbocycles. The van der Waals surface area contributed by atoms with Crippen molar-refractivity contribution in [3.63, 3.8) is 0 Å². The van der Waals surface area contributed by atoms with Crippen LogP contribution in [0.2, 0.25) is 0 Å². The van der Waals surface area contributed by atoms with E-state index in [1.165, 1.54) is 24.3 Å². The second kappa shape index (κ2) is 9.00. The normalized spacial score (nSPS) is 11.5. The Morgan fingerprint density at radius 2 is 2.07 bits per heavy atom. The fourth-order valence-corrected chi connectivity index (χ4v) is 3.52. The molecule has 146 valence electrons. The molecule has 0 saturated carbocycles. The number of nitrogens with zero attached hydrogens (tertiary/aromatic N) is 1. The number of nitrogens with two attached hydrogens (primary N) is 1. The van der Waals surface area contributed by atoms with Crippen LogP contribution in [0, 0.1) is 5.82 Å². The molecule has 0 bridgehead atoms. The molecule has 5 N–H and O–H groups in total. The second-order valence-electron chi connectivity index (χ2n) is 5.55. The summed E-state index contributed by atoms with van der Waals surface area (Å²) in [6, 6.07) is 11.0. The van der Waals surface area contributed by atoms with Crippen LogP contribution in [-0.4, -0.2) is 28.5 Å². The van der Waals surface area contributed by atoms with Crippen molar-refractivity contribution in [3.05, 3.63) is 68.7 Å². The average Bonchev–Trinajstić information content (AvgIpc) is 3.04. The molecule has 0 atom stereocenters. The highest BCUT2D eigenvalue weighted by molar-refractivity contribution is 9.10. The molecule has 0 unspecified atom stereocenters. The first-order chi connectivity index (χ1) is 13.5. The number of ether oxygens (including phenoxy) is 1. The third-order valence-corrected chi connectivity index (χ3v) is 4.99. The van der Waals surface area contributed by atoms with Gasteiger partial charge in [0.2, 0.25) is 0 Å². The van der Waals surface area contributed by atoms with Crippen LogP contribution >= 0.6 is 27.5 Å². The van der Waals surface area contributed by atoms with Crippen molar-refractivity contribution in [2.45, 2.75) is 0 Å². The lowest BCUT2D eigenvalue weighted by atomic mass is 10.2. The van der Waals surface area contributed by atoms with Gasteiger partial charge in [0.1, 0.15) is 33.7 Å². The summed E-state index contributed by atoms with van der Waals surface area (Å²) < 4.78 is 22.0. The number of halogens is 2. The Balaban J connectivity index is 1.80. The molecular weight excluding hydrogens is 451 g/mol. The van der Waals surface area contributed by atoms with Gasteiger partial charge in [-0.05, 0) is 69.9 Å². The molecule has 7 nitrogen and oxygen atoms in total. The maximum Gasteiger partial charge on any atom is 0.271 e. The van der Waals surface area contributed by atoms with Gasteiger partial charge in [0.15, 0.2) is 0 Å². The fourth-order valence-electron chi connectivity index (χ4n) is 2.29. The van der Waals surface area contributed by atoms with Crippen molar-refractivity contribution in [3.8, 4) is 11.5 Å². The molecular formula is C18H16BrFN4O3S. The van der Waals surface area contributed by atoms with E-state index in [1.54, 1.807) is 18.2 Å². The van der Waals surface area contributed by atoms with Gasteiger partial charge in [-0.25, -0.2) is 4.39 Å². The summed E-state index contributed by atoms with van der Waals surface area (Å²) in [7, 11) is 0. The smallest absolute Gasteiger partial charge is 0.271 e. The topological polar surface area (TPSA) is 113 Å². The third-order valence-electron chi connectivity index (χ3n) is 3.57. The minimum atomic E-state index is -0.359. The number of hydrogen-bond acceptors (Lipinski definition) is 6. The van der Waals surface area contributed by atoms with Crippen LogP contribution in [0.4, 0.5) is 15.1 Å². The van der Waals surface area contributed by atoms with Gasteiger partial charge in [-0.3, -0.25) is 14.2 Å². The highest BCUT2D eigenvalue weighted by atomic mass is 79.9. The number of amidine groups is 1. The zero-order valence-electron chi connectivity index (χ0n) is 14.4. The van der Waals surface area contributed by atoms with Gasteiger partial charge in [0.05, 0.1) is 17.6 Å². The molecule has 1 heterocycles. The Kier molecular flexibility index (Phi) is 6.45. The van der Waals surface area contributed by atoms with Crippen LogP contribution in [-0.2, 0) is 0 Å². The first kappa shape index (κ1) is 20.1. The van der Waals surface area contributed by atoms with Crippen molar-refractivity contribution < 1.29 is 14.2 Å². The maximum atomic E-state index is 13.0. The number of aromatic amines is 1. The molecule has 2 aromatic carbocycles. The summed E-state index contributed by atoms with van der Waals surface area (Å²) in [5, 5.41) is 12.5. The number of nitrogens with one attached hydrogen (secondary N) is 2. The molecule has 3 aromatic rings. The summed E-state index contributed by atoms with van der Waals surface area (Å²) in [5.74, 6) is 0.758. The van der Waals surface area contributed by atoms with Gasteiger partial charge >= 0.3 is 0 Å². The summed E-state index contributed by atoms with van der Waals surface area (Å²) in [6.45, 7) is -0.0461. The van der Waals surface area contributed by atoms with E-state index in [0.29, 0.717) is 26.7 Å². The third kappa shape index (κ3) is 4.77. The lowest BCUT2D eigenvalue weighted by molar-refractivity contribution is 0.307. The van der Waals surface area contributed by atoms with Crippen molar-refractivity contribution >= 4 is 44.0 Å². The molecule has 0 fully saturated rings. The molecule has 1 aromatic heterocycles. The number of hydrogen-bond donors (Lipinski definition) is 4. The number of benzene rings is 2. The zero-order valence-corrected chi connectivity index (χ0v) is 16.8. The van der Waals surface area contributed by atoms with Crippen molar-refractivity contribution in [2.24, 2.45) is 10.7 Å². The second-order valence-corrected chi connectivity index (χ2v) is 7.22. The molecule has 0 aliphatic rings. The predicted octanol–water partition coefficient (Wildman–Crippen LogP) is 3.57. The van der Waals surface area contributed by atoms with E-state index >= 15 is 0 Å². The highest BCUT2D eigenvalue weighted by Gasteiger charge is 2.15. The molecule has 0 aliphatic heterocycles. The van der Waals surface area contributed by atoms with Crippen LogP contribution in [0.25, 0.3) is 0 Å². The standard InChI is InChI=1S/C18H16BrFN4O3S/c19-13-9-11(3-6-14(13)27-12-4-1-10(20)2-5-12)23-18-15(17(26)24-28-18)16(21)22-7-8-25/h1-6,9,23,25H,7-8H2,(H2,21,22)(H,24,26). The van der Waals surface area contributed by atoms with Gasteiger partial charge in [0, 0.05) is 5.69 Å². The van der Waals surface area contributed by atoms with Crippen LogP contribution in [0.15, 0.2) is 56.7 Å². The van der Waals surface area contributed by atoms with E-state index in [2.05, 4.69) is 30.6 Å². The van der Waals surface area contributed by atoms with Crippen LogP contribution in [0.5, 0.6) is 11.5 Å². The van der Waals surface area contributed by atoms with Gasteiger partial charge in [-0.2, -0.15) is 0 Å². The number of aliphatic hydroxyl groups is 1. The first-order valence-corrected chi connectivity index (χ1v) is 9.71. The molecule has 0 amide bonds. The van der Waals surface area contributed by atoms with E-state index in [0.717, 1.165) is 11.5 Å². The summed E-state index contributed by atoms with van der Waals surface area (Å²) in [5.41, 5.74) is 6.41. The van der Waals surface area contributed by atoms with E-state index in [-0.39, 0.29) is 35.9 Å². The maximum absolute atomic E-state index is 13.0. The van der Waals surface area contributed by atoms with Gasteiger partial charge in [0.25, 0.3) is 5.56 Å². The minimum absolute atomic E-state index is 0.0504. The van der Waals surface area contributed by atoms with Crippen molar-refractivity contribution in [1.82, 2.24) is 4.37 Å². The minimum Gasteiger partial charge on any atom is -0.456 e. The summed E-state index contributed by atoms with van der Waals surface area (Å²) in [6.07, 6.45) is 0. The summed E-state index contributed by atoms with van der Waals surface area (Å²) in [4.78, 5) is 16.0. The number of aromatic nitrogens is 1. The lowest BCUT2D eigenvalue weighted by Gasteiger charge is -2.11. The Morgan fingerprint density at radius 3 is 2.75 bits per heavy atom. The number of H-pyrrole nitrogens is 1. The van der Waals surface area contributed by atoms with Crippen LogP contribution < -0.4 is 21.3 Å². The van der Waals surface area contributed by atoms with E-state index in [9.17, 15) is 9.18 Å². The molecule has 0 saturated heterocycles. The first-order valence-electron chi connectivity index (χ1n) is 8.10. The molecule has 0 spiro atoms. The SMILES string of the molecule is NC(=NCCO)c1c(Nc2ccc(Oc3ccc(F)cc3)c(Br)c2)s[nH]c1=O. The Morgan fingerprint density at radius 1 is 1.32 bits per heavy atom. The van der Waals surface area contributed by atoms with E-state index in [1.807, 2.05) is 0 Å². The number of aliphatic imine (C=N–C) groups is 1. The van der Waals surface area contributed by atoms with Crippen molar-refractivity contribution in [2.75, 3.05) is 18.5 Å². The fraction of sp³-hybridized carbons (Fsp3) is 0.111. The van der Waals surface area contributed by atoms with Gasteiger partial charge in [-0.15, -0.1) is 0 Å². The summed E-state index contributed by atoms with van der Waals surface area (Å²) >= 11 is 4.53. The monoisotopic (exact) mass is 466 g/mol. The Labute approximate surface area is 172 Å². The molecule has 10 heteroatoms. The van der Waals surface area contributed by atoms with Crippen molar-refractivity contribution in [1.29, 1.82) is 0 Å². The van der Waals surface area contributed by atoms with E-state index < -0.39 is 0 Å². The van der Waals surface area contributed by atoms with Gasteiger partial charge < -0.3 is 20.9 Å². The Hall–Kier alpha value is -2.69. The molecule has 28 heavy (non-hydrogen) atoms. The quantitative estimate of drug-likeness (QED) is 0.314. The number of aliphatic hydroxyl groups excluding tert-OH is 1. The highest BCUT2D eigenvalue weighted by Crippen LogP contribution is 2.33. The zero-order chi connectivity index (χ0) is 20.1. The number of anilines is 2. The van der Waals surface area contributed by atoms with Gasteiger partial charge in [-0.1, -0.05) is 0 Å². The lowest BCUT2D eigenvalue weighted by Crippen LogP contribution is -2.22. The number of rotatable bonds is 7. The molecule has 3 rings (SSSR count). The largest absolute Gasteiger partial charge is 0.456 e. The van der Waals surface area contributed by atoms with Crippen LogP contribution in [0.1, 0.15) is 5.56 Å². The van der Waals surface area contributed by atoms with E-state index in [4.69, 9.17) is 15.6 Å². The Bertz CT molecular complexity index is 1050. The molecule has 0 radical (unpaired) electrons. The van der Waals surface area contributed by atoms with Crippen LogP contribution in [0.3, 0.4) is 0 Å².